The van der Waals surface area contributed by atoms with Gasteiger partial charge in [0.15, 0.2) is 0 Å². The van der Waals surface area contributed by atoms with E-state index < -0.39 is 5.97 Å². The van der Waals surface area contributed by atoms with Gasteiger partial charge >= 0.3 is 5.97 Å². The zero-order chi connectivity index (χ0) is 19.8. The molecule has 0 fully saturated rings. The van der Waals surface area contributed by atoms with Crippen LogP contribution in [0.25, 0.3) is 0 Å². The third-order valence-corrected chi connectivity index (χ3v) is 4.08. The number of carbonyl (C=O) groups excluding carboxylic acids is 1. The lowest BCUT2D eigenvalue weighted by Crippen LogP contribution is -2.10. The second kappa shape index (κ2) is 9.46. The quantitative estimate of drug-likeness (QED) is 0.459. The van der Waals surface area contributed by atoms with Gasteiger partial charge in [0.25, 0.3) is 0 Å². The maximum atomic E-state index is 12.4. The van der Waals surface area contributed by atoms with E-state index in [2.05, 4.69) is 0 Å². The fourth-order valence-electron chi connectivity index (χ4n) is 2.66. The van der Waals surface area contributed by atoms with Crippen LogP contribution in [0.15, 0.2) is 72.8 Å². The zero-order valence-electron chi connectivity index (χ0n) is 15.8. The zero-order valence-corrected chi connectivity index (χ0v) is 15.8. The Labute approximate surface area is 164 Å². The molecule has 0 heterocycles. The number of hydrogen-bond acceptors (Lipinski definition) is 5. The molecule has 0 spiro atoms. The van der Waals surface area contributed by atoms with E-state index in [4.69, 9.17) is 19.9 Å². The minimum absolute atomic E-state index is 0.265. The second-order valence-electron chi connectivity index (χ2n) is 6.16. The van der Waals surface area contributed by atoms with Crippen LogP contribution in [0.3, 0.4) is 0 Å². The first-order valence-electron chi connectivity index (χ1n) is 9.11. The first-order chi connectivity index (χ1) is 13.7. The van der Waals surface area contributed by atoms with Gasteiger partial charge in [-0.25, -0.2) is 4.79 Å². The van der Waals surface area contributed by atoms with E-state index in [9.17, 15) is 4.79 Å². The molecular formula is C23H23NO4. The number of nitrogens with two attached hydrogens (primary N) is 1. The molecule has 144 valence electrons. The molecule has 0 radical (unpaired) electrons. The van der Waals surface area contributed by atoms with Gasteiger partial charge in [-0.05, 0) is 18.1 Å². The first-order valence-corrected chi connectivity index (χ1v) is 9.11. The van der Waals surface area contributed by atoms with E-state index in [1.165, 1.54) is 0 Å². The average Bonchev–Trinajstić information content (AvgIpc) is 2.73. The van der Waals surface area contributed by atoms with Gasteiger partial charge in [0.2, 0.25) is 0 Å². The number of rotatable bonds is 8. The minimum Gasteiger partial charge on any atom is -0.488 e. The van der Waals surface area contributed by atoms with Crippen LogP contribution in [0, 0.1) is 0 Å². The van der Waals surface area contributed by atoms with Crippen molar-refractivity contribution < 1.29 is 19.0 Å². The molecule has 0 bridgehead atoms. The summed E-state index contributed by atoms with van der Waals surface area (Å²) in [5.74, 6) is 0.306. The standard InChI is InChI=1S/C23H23NO4/c1-2-26-23(25)19-13-22(28-16-18-11-7-4-8-12-18)20(24)14-21(19)27-15-17-9-5-3-6-10-17/h3-14H,2,15-16,24H2,1H3. The molecule has 0 aliphatic rings. The predicted octanol–water partition coefficient (Wildman–Crippen LogP) is 4.60. The number of ether oxygens (including phenoxy) is 3. The third-order valence-electron chi connectivity index (χ3n) is 4.08. The molecular weight excluding hydrogens is 354 g/mol. The van der Waals surface area contributed by atoms with Gasteiger partial charge in [-0.15, -0.1) is 0 Å². The molecule has 5 heteroatoms. The Bertz CT molecular complexity index is 911. The monoisotopic (exact) mass is 377 g/mol. The van der Waals surface area contributed by atoms with Crippen molar-refractivity contribution in [1.82, 2.24) is 0 Å². The lowest BCUT2D eigenvalue weighted by Gasteiger charge is -2.15. The first kappa shape index (κ1) is 19.3. The van der Waals surface area contributed by atoms with Gasteiger partial charge in [0, 0.05) is 12.1 Å². The molecule has 0 aromatic heterocycles. The molecule has 3 aromatic carbocycles. The van der Waals surface area contributed by atoms with Crippen molar-refractivity contribution in [2.45, 2.75) is 20.1 Å². The number of nitrogen functional groups attached to an aromatic ring is 1. The SMILES string of the molecule is CCOC(=O)c1cc(OCc2ccccc2)c(N)cc1OCc1ccccc1. The highest BCUT2D eigenvalue weighted by atomic mass is 16.5. The van der Waals surface area contributed by atoms with E-state index in [-0.39, 0.29) is 12.2 Å². The molecule has 0 atom stereocenters. The van der Waals surface area contributed by atoms with Crippen molar-refractivity contribution >= 4 is 11.7 Å². The van der Waals surface area contributed by atoms with Gasteiger partial charge in [-0.2, -0.15) is 0 Å². The van der Waals surface area contributed by atoms with Gasteiger partial charge in [0.1, 0.15) is 30.3 Å². The predicted molar refractivity (Wildman–Crippen MR) is 108 cm³/mol. The fourth-order valence-corrected chi connectivity index (χ4v) is 2.66. The van der Waals surface area contributed by atoms with Gasteiger partial charge in [-0.1, -0.05) is 60.7 Å². The van der Waals surface area contributed by atoms with Crippen LogP contribution < -0.4 is 15.2 Å². The van der Waals surface area contributed by atoms with E-state index in [0.29, 0.717) is 30.4 Å². The molecule has 3 rings (SSSR count). The van der Waals surface area contributed by atoms with Gasteiger partial charge < -0.3 is 19.9 Å². The number of benzene rings is 3. The van der Waals surface area contributed by atoms with Crippen molar-refractivity contribution in [2.75, 3.05) is 12.3 Å². The lowest BCUT2D eigenvalue weighted by atomic mass is 10.1. The molecule has 0 amide bonds. The van der Waals surface area contributed by atoms with E-state index in [1.54, 1.807) is 19.1 Å². The van der Waals surface area contributed by atoms with E-state index in [0.717, 1.165) is 11.1 Å². The van der Waals surface area contributed by atoms with Gasteiger partial charge in [-0.3, -0.25) is 0 Å². The lowest BCUT2D eigenvalue weighted by molar-refractivity contribution is 0.0520. The Hall–Kier alpha value is -3.47. The highest BCUT2D eigenvalue weighted by molar-refractivity contribution is 5.94. The van der Waals surface area contributed by atoms with Crippen molar-refractivity contribution in [3.05, 3.63) is 89.5 Å². The molecule has 3 aromatic rings. The molecule has 0 unspecified atom stereocenters. The van der Waals surface area contributed by atoms with Gasteiger partial charge in [0.05, 0.1) is 12.3 Å². The molecule has 28 heavy (non-hydrogen) atoms. The van der Waals surface area contributed by atoms with Crippen molar-refractivity contribution in [3.63, 3.8) is 0 Å². The van der Waals surface area contributed by atoms with Crippen LogP contribution in [-0.2, 0) is 18.0 Å². The van der Waals surface area contributed by atoms with Crippen LogP contribution >= 0.6 is 0 Å². The summed E-state index contributed by atoms with van der Waals surface area (Å²) in [7, 11) is 0. The van der Waals surface area contributed by atoms with Crippen LogP contribution in [0.1, 0.15) is 28.4 Å². The number of anilines is 1. The normalized spacial score (nSPS) is 10.3. The average molecular weight is 377 g/mol. The highest BCUT2D eigenvalue weighted by Gasteiger charge is 2.18. The largest absolute Gasteiger partial charge is 0.488 e. The minimum atomic E-state index is -0.477. The summed E-state index contributed by atoms with van der Waals surface area (Å²) in [5, 5.41) is 0. The van der Waals surface area contributed by atoms with E-state index >= 15 is 0 Å². The Balaban J connectivity index is 1.82. The van der Waals surface area contributed by atoms with E-state index in [1.807, 2.05) is 60.7 Å². The summed E-state index contributed by atoms with van der Waals surface area (Å²) in [6.45, 7) is 2.68. The Kier molecular flexibility index (Phi) is 6.52. The van der Waals surface area contributed by atoms with Crippen molar-refractivity contribution in [3.8, 4) is 11.5 Å². The maximum absolute atomic E-state index is 12.4. The smallest absolute Gasteiger partial charge is 0.342 e. The summed E-state index contributed by atoms with van der Waals surface area (Å²) in [4.78, 5) is 12.4. The second-order valence-corrected chi connectivity index (χ2v) is 6.16. The summed E-state index contributed by atoms with van der Waals surface area (Å²) in [6, 6.07) is 22.6. The Morgan fingerprint density at radius 3 is 1.89 bits per heavy atom. The van der Waals surface area contributed by atoms with Crippen molar-refractivity contribution in [1.29, 1.82) is 0 Å². The summed E-state index contributed by atoms with van der Waals surface area (Å²) < 4.78 is 16.8. The number of hydrogen-bond donors (Lipinski definition) is 1. The molecule has 5 nitrogen and oxygen atoms in total. The van der Waals surface area contributed by atoms with Crippen LogP contribution in [0.4, 0.5) is 5.69 Å². The van der Waals surface area contributed by atoms with Crippen LogP contribution in [0.5, 0.6) is 11.5 Å². The molecule has 2 N–H and O–H groups in total. The summed E-state index contributed by atoms with van der Waals surface area (Å²) in [5.41, 5.74) is 8.81. The highest BCUT2D eigenvalue weighted by Crippen LogP contribution is 2.32. The summed E-state index contributed by atoms with van der Waals surface area (Å²) >= 11 is 0. The van der Waals surface area contributed by atoms with Crippen molar-refractivity contribution in [2.24, 2.45) is 0 Å². The van der Waals surface area contributed by atoms with Crippen LogP contribution in [-0.4, -0.2) is 12.6 Å². The molecule has 0 saturated carbocycles. The Morgan fingerprint density at radius 1 is 0.821 bits per heavy atom. The number of esters is 1. The maximum Gasteiger partial charge on any atom is 0.342 e. The molecule has 0 saturated heterocycles. The molecule has 0 aliphatic carbocycles. The van der Waals surface area contributed by atoms with Crippen LogP contribution in [0.2, 0.25) is 0 Å². The molecule has 0 aliphatic heterocycles. The third kappa shape index (κ3) is 5.04. The number of carbonyl (C=O) groups is 1. The topological polar surface area (TPSA) is 70.8 Å². The Morgan fingerprint density at radius 2 is 1.36 bits per heavy atom. The fraction of sp³-hybridized carbons (Fsp3) is 0.174. The summed E-state index contributed by atoms with van der Waals surface area (Å²) in [6.07, 6.45) is 0.